The number of carboxylic acids is 2. The highest BCUT2D eigenvalue weighted by Crippen LogP contribution is 2.05. The molecule has 17 nitrogen and oxygen atoms in total. The number of hydrogen-bond acceptors (Lipinski definition) is 9. The molecule has 0 saturated carbocycles. The fourth-order valence-corrected chi connectivity index (χ4v) is 3.30. The third kappa shape index (κ3) is 9.69. The standard InChI is InChI=1S/C21H29N9O8/c22-12(3-10-6-24-8-26-10)18(34)28-13(1-2-16(23)31)19(35)29-14(4-11-7-25-9-27-11)20(36)30-15(21(37)38)5-17(32)33/h6-9,12-15H,1-5,22H2,(H2,23,31)(H,24,26)(H,25,27)(H,28,34)(H,29,35)(H,30,36)(H,32,33)(H,37,38). The summed E-state index contributed by atoms with van der Waals surface area (Å²) in [5, 5.41) is 25.1. The Kier molecular flexibility index (Phi) is 10.9. The Balaban J connectivity index is 2.18. The van der Waals surface area contributed by atoms with Crippen molar-refractivity contribution >= 4 is 35.6 Å². The first-order valence-electron chi connectivity index (χ1n) is 11.3. The van der Waals surface area contributed by atoms with Gasteiger partial charge in [-0.1, -0.05) is 0 Å². The number of aromatic amines is 2. The Morgan fingerprint density at radius 2 is 1.34 bits per heavy atom. The number of hydrogen-bond donors (Lipinski definition) is 9. The smallest absolute Gasteiger partial charge is 0.326 e. The highest BCUT2D eigenvalue weighted by atomic mass is 16.4. The van der Waals surface area contributed by atoms with Crippen LogP contribution in [0.2, 0.25) is 0 Å². The monoisotopic (exact) mass is 535 g/mol. The zero-order chi connectivity index (χ0) is 28.2. The zero-order valence-corrected chi connectivity index (χ0v) is 20.0. The van der Waals surface area contributed by atoms with Crippen molar-refractivity contribution in [3.63, 3.8) is 0 Å². The predicted molar refractivity (Wildman–Crippen MR) is 127 cm³/mol. The number of carbonyl (C=O) groups excluding carboxylic acids is 4. The van der Waals surface area contributed by atoms with Crippen LogP contribution >= 0.6 is 0 Å². The van der Waals surface area contributed by atoms with Gasteiger partial charge in [0.15, 0.2) is 0 Å². The quantitative estimate of drug-likeness (QED) is 0.102. The number of nitrogens with two attached hydrogens (primary N) is 2. The van der Waals surface area contributed by atoms with Crippen LogP contribution in [-0.4, -0.2) is 89.9 Å². The fourth-order valence-electron chi connectivity index (χ4n) is 3.30. The van der Waals surface area contributed by atoms with Crippen molar-refractivity contribution in [2.75, 3.05) is 0 Å². The van der Waals surface area contributed by atoms with Crippen molar-refractivity contribution in [1.82, 2.24) is 35.9 Å². The van der Waals surface area contributed by atoms with Crippen molar-refractivity contribution in [1.29, 1.82) is 0 Å². The third-order valence-corrected chi connectivity index (χ3v) is 5.25. The Morgan fingerprint density at radius 3 is 1.84 bits per heavy atom. The molecule has 0 aromatic carbocycles. The van der Waals surface area contributed by atoms with Crippen LogP contribution in [0.25, 0.3) is 0 Å². The average molecular weight is 536 g/mol. The van der Waals surface area contributed by atoms with Gasteiger partial charge in [-0.25, -0.2) is 14.8 Å². The van der Waals surface area contributed by atoms with Crippen molar-refractivity contribution in [2.45, 2.75) is 56.3 Å². The maximum absolute atomic E-state index is 13.1. The van der Waals surface area contributed by atoms with E-state index in [-0.39, 0.29) is 25.7 Å². The lowest BCUT2D eigenvalue weighted by atomic mass is 10.1. The molecule has 11 N–H and O–H groups in total. The highest BCUT2D eigenvalue weighted by Gasteiger charge is 2.31. The number of primary amides is 1. The minimum absolute atomic E-state index is 0.0704. The number of rotatable bonds is 16. The summed E-state index contributed by atoms with van der Waals surface area (Å²) in [5.41, 5.74) is 12.1. The molecule has 2 aromatic heterocycles. The van der Waals surface area contributed by atoms with Gasteiger partial charge in [0.1, 0.15) is 18.1 Å². The molecule has 17 heteroatoms. The molecular formula is C21H29N9O8. The Morgan fingerprint density at radius 1 is 0.816 bits per heavy atom. The summed E-state index contributed by atoms with van der Waals surface area (Å²) in [6.45, 7) is 0. The number of aliphatic carboxylic acids is 2. The van der Waals surface area contributed by atoms with Crippen molar-refractivity contribution in [3.8, 4) is 0 Å². The van der Waals surface area contributed by atoms with E-state index < -0.39 is 66.2 Å². The molecule has 2 aromatic rings. The van der Waals surface area contributed by atoms with Crippen molar-refractivity contribution in [2.24, 2.45) is 11.5 Å². The highest BCUT2D eigenvalue weighted by molar-refractivity contribution is 5.95. The van der Waals surface area contributed by atoms with Gasteiger partial charge in [-0.15, -0.1) is 0 Å². The number of aromatic nitrogens is 4. The maximum atomic E-state index is 13.1. The molecule has 0 aliphatic heterocycles. The topological polar surface area (TPSA) is 288 Å². The van der Waals surface area contributed by atoms with E-state index in [9.17, 15) is 33.9 Å². The molecule has 2 heterocycles. The van der Waals surface area contributed by atoms with Crippen LogP contribution in [0.5, 0.6) is 0 Å². The summed E-state index contributed by atoms with van der Waals surface area (Å²) in [4.78, 5) is 85.5. The molecule has 0 saturated heterocycles. The summed E-state index contributed by atoms with van der Waals surface area (Å²) >= 11 is 0. The lowest BCUT2D eigenvalue weighted by Crippen LogP contribution is -2.58. The van der Waals surface area contributed by atoms with Crippen LogP contribution in [0.1, 0.15) is 30.7 Å². The first-order valence-corrected chi connectivity index (χ1v) is 11.3. The molecule has 4 unspecified atom stereocenters. The molecule has 38 heavy (non-hydrogen) atoms. The van der Waals surface area contributed by atoms with Gasteiger partial charge in [0, 0.05) is 43.0 Å². The lowest BCUT2D eigenvalue weighted by Gasteiger charge is -2.24. The molecule has 0 radical (unpaired) electrons. The van der Waals surface area contributed by atoms with Crippen LogP contribution in [0, 0.1) is 0 Å². The number of carbonyl (C=O) groups is 6. The van der Waals surface area contributed by atoms with Gasteiger partial charge in [0.05, 0.1) is 25.1 Å². The van der Waals surface area contributed by atoms with Crippen LogP contribution in [0.15, 0.2) is 25.0 Å². The van der Waals surface area contributed by atoms with E-state index in [4.69, 9.17) is 16.6 Å². The first-order chi connectivity index (χ1) is 18.0. The molecule has 0 aliphatic rings. The Bertz CT molecular complexity index is 1120. The number of nitrogens with one attached hydrogen (secondary N) is 5. The summed E-state index contributed by atoms with van der Waals surface area (Å²) in [6.07, 6.45) is 4.01. The fraction of sp³-hybridized carbons (Fsp3) is 0.429. The van der Waals surface area contributed by atoms with E-state index in [1.165, 1.54) is 25.0 Å². The van der Waals surface area contributed by atoms with E-state index in [0.29, 0.717) is 11.4 Å². The van der Waals surface area contributed by atoms with Gasteiger partial charge < -0.3 is 47.6 Å². The zero-order valence-electron chi connectivity index (χ0n) is 20.0. The Hall–Kier alpha value is -4.80. The summed E-state index contributed by atoms with van der Waals surface area (Å²) < 4.78 is 0. The second-order valence-corrected chi connectivity index (χ2v) is 8.29. The van der Waals surface area contributed by atoms with E-state index >= 15 is 0 Å². The van der Waals surface area contributed by atoms with Crippen LogP contribution < -0.4 is 27.4 Å². The number of imidazole rings is 2. The predicted octanol–water partition coefficient (Wildman–Crippen LogP) is -3.48. The molecule has 206 valence electrons. The number of nitrogens with zero attached hydrogens (tertiary/aromatic N) is 2. The van der Waals surface area contributed by atoms with Gasteiger partial charge in [-0.3, -0.25) is 24.0 Å². The molecule has 0 spiro atoms. The first kappa shape index (κ1) is 29.4. The van der Waals surface area contributed by atoms with Crippen LogP contribution in [-0.2, 0) is 41.6 Å². The molecule has 4 atom stereocenters. The molecule has 0 bridgehead atoms. The third-order valence-electron chi connectivity index (χ3n) is 5.25. The molecule has 0 fully saturated rings. The van der Waals surface area contributed by atoms with Gasteiger partial charge in [-0.05, 0) is 6.42 Å². The van der Waals surface area contributed by atoms with Crippen LogP contribution in [0.4, 0.5) is 0 Å². The lowest BCUT2D eigenvalue weighted by molar-refractivity contribution is -0.147. The molecular weight excluding hydrogens is 506 g/mol. The minimum atomic E-state index is -1.77. The van der Waals surface area contributed by atoms with E-state index in [2.05, 4.69) is 35.9 Å². The molecule has 2 rings (SSSR count). The van der Waals surface area contributed by atoms with E-state index in [1.54, 1.807) is 0 Å². The maximum Gasteiger partial charge on any atom is 0.326 e. The molecule has 0 aliphatic carbocycles. The summed E-state index contributed by atoms with van der Waals surface area (Å²) in [5.74, 6) is -6.43. The normalized spacial score (nSPS) is 13.9. The van der Waals surface area contributed by atoms with Gasteiger partial charge >= 0.3 is 11.9 Å². The SMILES string of the molecule is NC(=O)CCC(NC(=O)C(N)Cc1cnc[nH]1)C(=O)NC(Cc1cnc[nH]1)C(=O)NC(CC(=O)O)C(=O)O. The summed E-state index contributed by atoms with van der Waals surface area (Å²) in [7, 11) is 0. The van der Waals surface area contributed by atoms with Gasteiger partial charge in [0.25, 0.3) is 0 Å². The van der Waals surface area contributed by atoms with Crippen molar-refractivity contribution in [3.05, 3.63) is 36.4 Å². The number of amides is 4. The van der Waals surface area contributed by atoms with Gasteiger partial charge in [-0.2, -0.15) is 0 Å². The second-order valence-electron chi connectivity index (χ2n) is 8.29. The minimum Gasteiger partial charge on any atom is -0.481 e. The molecule has 4 amide bonds. The van der Waals surface area contributed by atoms with E-state index in [1.807, 2.05) is 0 Å². The number of H-pyrrole nitrogens is 2. The van der Waals surface area contributed by atoms with Crippen molar-refractivity contribution < 1.29 is 39.0 Å². The van der Waals surface area contributed by atoms with E-state index in [0.717, 1.165) is 0 Å². The number of carboxylic acid groups (broad SMARTS) is 2. The van der Waals surface area contributed by atoms with Gasteiger partial charge in [0.2, 0.25) is 23.6 Å². The largest absolute Gasteiger partial charge is 0.481 e. The van der Waals surface area contributed by atoms with Crippen LogP contribution in [0.3, 0.4) is 0 Å². The summed E-state index contributed by atoms with van der Waals surface area (Å²) in [6, 6.07) is -5.61. The second kappa shape index (κ2) is 14.1. The average Bonchev–Trinajstić information content (AvgIpc) is 3.54. The Labute approximate surface area is 215 Å².